The first kappa shape index (κ1) is 24.0. The van der Waals surface area contributed by atoms with E-state index >= 15 is 0 Å². The van der Waals surface area contributed by atoms with E-state index in [2.05, 4.69) is 46.3 Å². The van der Waals surface area contributed by atoms with Crippen LogP contribution in [0.3, 0.4) is 0 Å². The van der Waals surface area contributed by atoms with Crippen LogP contribution in [0.1, 0.15) is 64.0 Å². The van der Waals surface area contributed by atoms with Gasteiger partial charge in [0, 0.05) is 24.1 Å². The molecule has 2 heterocycles. The van der Waals surface area contributed by atoms with E-state index in [1.165, 1.54) is 19.3 Å². The number of piperidine rings is 1. The van der Waals surface area contributed by atoms with Crippen LogP contribution in [0, 0.1) is 5.92 Å². The fourth-order valence-electron chi connectivity index (χ4n) is 4.86. The molecule has 1 saturated carbocycles. The van der Waals surface area contributed by atoms with Crippen LogP contribution in [0.5, 0.6) is 11.6 Å². The summed E-state index contributed by atoms with van der Waals surface area (Å²) < 4.78 is 12.2. The van der Waals surface area contributed by atoms with Gasteiger partial charge >= 0.3 is 0 Å². The molecule has 6 nitrogen and oxygen atoms in total. The second-order valence-electron chi connectivity index (χ2n) is 9.74. The molecule has 1 N–H and O–H groups in total. The molecule has 33 heavy (non-hydrogen) atoms. The number of ether oxygens (including phenoxy) is 2. The minimum Gasteiger partial charge on any atom is -0.490 e. The number of aliphatic hydroxyl groups excluding tert-OH is 1. The summed E-state index contributed by atoms with van der Waals surface area (Å²) in [6, 6.07) is 10.4. The molecule has 6 heteroatoms. The van der Waals surface area contributed by atoms with Crippen molar-refractivity contribution >= 4 is 0 Å². The molecule has 1 aromatic carbocycles. The van der Waals surface area contributed by atoms with Gasteiger partial charge in [-0.05, 0) is 76.2 Å². The highest BCUT2D eigenvalue weighted by Gasteiger charge is 2.26. The topological polar surface area (TPSA) is 67.7 Å². The van der Waals surface area contributed by atoms with Gasteiger partial charge in [0.05, 0.1) is 24.5 Å². The van der Waals surface area contributed by atoms with Gasteiger partial charge in [0.25, 0.3) is 0 Å². The number of rotatable bonds is 9. The third-order valence-electron chi connectivity index (χ3n) is 7.01. The standard InChI is InChI=1S/C27H39N3O3/c1-3-4-10-25-24(20-11-13-23(14-12-20)33-22-8-6-5-7-9-22)17-27(29-28-25)32-19-21-15-16-30(2)18-26(21)31/h11-14,17,21-22,26,31H,3-10,15-16,18-19H2,1-2H3/t21-,26+/m0/s1. The lowest BCUT2D eigenvalue weighted by Gasteiger charge is -2.33. The molecular formula is C27H39N3O3. The maximum atomic E-state index is 10.4. The van der Waals surface area contributed by atoms with E-state index in [1.54, 1.807) is 0 Å². The molecule has 2 fully saturated rings. The summed E-state index contributed by atoms with van der Waals surface area (Å²) in [5.74, 6) is 1.59. The average Bonchev–Trinajstić information content (AvgIpc) is 2.84. The number of unbranched alkanes of at least 4 members (excludes halogenated alkanes) is 1. The predicted molar refractivity (Wildman–Crippen MR) is 131 cm³/mol. The van der Waals surface area contributed by atoms with Crippen molar-refractivity contribution in [3.63, 3.8) is 0 Å². The van der Waals surface area contributed by atoms with Crippen LogP contribution in [0.15, 0.2) is 30.3 Å². The Morgan fingerprint density at radius 2 is 1.85 bits per heavy atom. The van der Waals surface area contributed by atoms with Gasteiger partial charge < -0.3 is 19.5 Å². The van der Waals surface area contributed by atoms with Crippen molar-refractivity contribution in [1.82, 2.24) is 15.1 Å². The van der Waals surface area contributed by atoms with Gasteiger partial charge in [-0.1, -0.05) is 31.9 Å². The van der Waals surface area contributed by atoms with Crippen LogP contribution in [-0.2, 0) is 6.42 Å². The number of hydrogen-bond donors (Lipinski definition) is 1. The van der Waals surface area contributed by atoms with Gasteiger partial charge in [0.1, 0.15) is 5.75 Å². The summed E-state index contributed by atoms with van der Waals surface area (Å²) in [4.78, 5) is 2.16. The third kappa shape index (κ3) is 6.67. The van der Waals surface area contributed by atoms with E-state index in [0.29, 0.717) is 25.1 Å². The van der Waals surface area contributed by atoms with E-state index in [1.807, 2.05) is 13.1 Å². The molecule has 0 unspecified atom stereocenters. The van der Waals surface area contributed by atoms with Crippen LogP contribution in [-0.4, -0.2) is 59.2 Å². The molecule has 0 spiro atoms. The zero-order valence-corrected chi connectivity index (χ0v) is 20.2. The molecular weight excluding hydrogens is 414 g/mol. The smallest absolute Gasteiger partial charge is 0.234 e. The van der Waals surface area contributed by atoms with E-state index in [0.717, 1.165) is 67.6 Å². The molecule has 0 bridgehead atoms. The van der Waals surface area contributed by atoms with Gasteiger partial charge in [0.15, 0.2) is 0 Å². The van der Waals surface area contributed by atoms with Crippen molar-refractivity contribution in [1.29, 1.82) is 0 Å². The van der Waals surface area contributed by atoms with Crippen molar-refractivity contribution in [2.75, 3.05) is 26.7 Å². The molecule has 1 saturated heterocycles. The quantitative estimate of drug-likeness (QED) is 0.583. The second kappa shape index (κ2) is 11.8. The van der Waals surface area contributed by atoms with Crippen molar-refractivity contribution in [3.05, 3.63) is 36.0 Å². The van der Waals surface area contributed by atoms with Crippen LogP contribution in [0.25, 0.3) is 11.1 Å². The summed E-state index contributed by atoms with van der Waals surface area (Å²) in [7, 11) is 2.04. The fraction of sp³-hybridized carbons (Fsp3) is 0.630. The van der Waals surface area contributed by atoms with Crippen LogP contribution in [0.2, 0.25) is 0 Å². The summed E-state index contributed by atoms with van der Waals surface area (Å²) in [6.45, 7) is 4.32. The van der Waals surface area contributed by atoms with Gasteiger partial charge in [-0.15, -0.1) is 5.10 Å². The molecule has 1 aromatic heterocycles. The van der Waals surface area contributed by atoms with Crippen molar-refractivity contribution in [3.8, 4) is 22.8 Å². The second-order valence-corrected chi connectivity index (χ2v) is 9.74. The monoisotopic (exact) mass is 453 g/mol. The van der Waals surface area contributed by atoms with E-state index in [4.69, 9.17) is 9.47 Å². The zero-order valence-electron chi connectivity index (χ0n) is 20.2. The van der Waals surface area contributed by atoms with E-state index < -0.39 is 0 Å². The summed E-state index contributed by atoms with van der Waals surface area (Å²) in [5, 5.41) is 19.2. The molecule has 1 aliphatic carbocycles. The Kier molecular flexibility index (Phi) is 8.57. The molecule has 2 aromatic rings. The molecule has 0 amide bonds. The first-order chi connectivity index (χ1) is 16.1. The SMILES string of the molecule is CCCCc1nnc(OC[C@@H]2CCN(C)C[C@H]2O)cc1-c1ccc(OC2CCCCC2)cc1. The molecule has 2 atom stereocenters. The first-order valence-electron chi connectivity index (χ1n) is 12.8. The summed E-state index contributed by atoms with van der Waals surface area (Å²) >= 11 is 0. The lowest BCUT2D eigenvalue weighted by Crippen LogP contribution is -2.43. The highest BCUT2D eigenvalue weighted by atomic mass is 16.5. The van der Waals surface area contributed by atoms with E-state index in [9.17, 15) is 5.11 Å². The molecule has 0 radical (unpaired) electrons. The Labute approximate surface area is 198 Å². The molecule has 1 aliphatic heterocycles. The van der Waals surface area contributed by atoms with Crippen LogP contribution < -0.4 is 9.47 Å². The number of hydrogen-bond acceptors (Lipinski definition) is 6. The first-order valence-corrected chi connectivity index (χ1v) is 12.8. The van der Waals surface area contributed by atoms with Crippen LogP contribution in [0.4, 0.5) is 0 Å². The third-order valence-corrected chi connectivity index (χ3v) is 7.01. The number of aromatic nitrogens is 2. The number of aliphatic hydroxyl groups is 1. The number of aryl methyl sites for hydroxylation is 1. The Bertz CT molecular complexity index is 867. The van der Waals surface area contributed by atoms with Crippen molar-refractivity contribution in [2.24, 2.45) is 5.92 Å². The summed E-state index contributed by atoms with van der Waals surface area (Å²) in [5.41, 5.74) is 3.18. The maximum Gasteiger partial charge on any atom is 0.234 e. The molecule has 2 aliphatic rings. The maximum absolute atomic E-state index is 10.4. The lowest BCUT2D eigenvalue weighted by molar-refractivity contribution is 0.0107. The molecule has 180 valence electrons. The largest absolute Gasteiger partial charge is 0.490 e. The van der Waals surface area contributed by atoms with Crippen molar-refractivity contribution in [2.45, 2.75) is 76.9 Å². The predicted octanol–water partition coefficient (Wildman–Crippen LogP) is 4.89. The van der Waals surface area contributed by atoms with Gasteiger partial charge in [-0.2, -0.15) is 5.10 Å². The minimum absolute atomic E-state index is 0.127. The highest BCUT2D eigenvalue weighted by molar-refractivity contribution is 5.67. The Morgan fingerprint density at radius 1 is 1.06 bits per heavy atom. The minimum atomic E-state index is -0.364. The average molecular weight is 454 g/mol. The zero-order chi connectivity index (χ0) is 23.0. The Balaban J connectivity index is 1.46. The number of benzene rings is 1. The highest BCUT2D eigenvalue weighted by Crippen LogP contribution is 2.30. The Hall–Kier alpha value is -2.18. The van der Waals surface area contributed by atoms with Gasteiger partial charge in [0.2, 0.25) is 5.88 Å². The van der Waals surface area contributed by atoms with Gasteiger partial charge in [-0.3, -0.25) is 0 Å². The molecule has 4 rings (SSSR count). The Morgan fingerprint density at radius 3 is 2.58 bits per heavy atom. The van der Waals surface area contributed by atoms with Crippen molar-refractivity contribution < 1.29 is 14.6 Å². The summed E-state index contributed by atoms with van der Waals surface area (Å²) in [6.07, 6.45) is 10.2. The normalized spacial score (nSPS) is 22.3. The number of nitrogens with zero attached hydrogens (tertiary/aromatic N) is 3. The number of likely N-dealkylation sites (tertiary alicyclic amines) is 1. The van der Waals surface area contributed by atoms with E-state index in [-0.39, 0.29) is 12.0 Å². The number of β-amino-alcohol motifs (C(OH)–C–C–N with tert-alkyl or cyclic N) is 1. The lowest BCUT2D eigenvalue weighted by atomic mass is 9.95. The van der Waals surface area contributed by atoms with Gasteiger partial charge in [-0.25, -0.2) is 0 Å². The van der Waals surface area contributed by atoms with Crippen LogP contribution >= 0.6 is 0 Å². The number of likely N-dealkylation sites (N-methyl/N-ethyl adjacent to an activating group) is 1. The fourth-order valence-corrected chi connectivity index (χ4v) is 4.86.